The van der Waals surface area contributed by atoms with E-state index in [0.29, 0.717) is 16.1 Å². The highest BCUT2D eigenvalue weighted by Gasteiger charge is 2.12. The fourth-order valence-electron chi connectivity index (χ4n) is 1.07. The Balaban J connectivity index is 2.67. The molecule has 0 radical (unpaired) electrons. The second-order valence-corrected chi connectivity index (χ2v) is 5.01. The predicted octanol–water partition coefficient (Wildman–Crippen LogP) is 2.67. The van der Waals surface area contributed by atoms with Crippen molar-refractivity contribution in [2.75, 3.05) is 19.5 Å². The van der Waals surface area contributed by atoms with Crippen LogP contribution in [-0.2, 0) is 4.74 Å². The molecule has 0 saturated heterocycles. The van der Waals surface area contributed by atoms with E-state index in [1.54, 1.807) is 19.4 Å². The molecule has 0 aromatic carbocycles. The van der Waals surface area contributed by atoms with E-state index in [1.807, 2.05) is 0 Å². The highest BCUT2D eigenvalue weighted by Crippen LogP contribution is 2.23. The molecule has 0 unspecified atom stereocenters. The quantitative estimate of drug-likeness (QED) is 0.647. The summed E-state index contributed by atoms with van der Waals surface area (Å²) in [6, 6.07) is 1.56. The van der Waals surface area contributed by atoms with Crippen LogP contribution in [0, 0.1) is 0 Å². The fraction of sp³-hybridized carbons (Fsp3) is 0.400. The molecule has 0 atom stereocenters. The Morgan fingerprint density at radius 3 is 3.06 bits per heavy atom. The Morgan fingerprint density at radius 2 is 2.44 bits per heavy atom. The van der Waals surface area contributed by atoms with Crippen molar-refractivity contribution in [1.82, 2.24) is 4.98 Å². The lowest BCUT2D eigenvalue weighted by molar-refractivity contribution is 0.0692. The number of aromatic carboxylic acids is 1. The minimum absolute atomic E-state index is 0.233. The maximum atomic E-state index is 11.0. The standard InChI is InChI=1S/C10H12BrNO3S/c1-15-3-2-4-16-9-8(10(13)14)5-7(11)6-12-9/h5-6H,2-4H2,1H3,(H,13,14). The van der Waals surface area contributed by atoms with E-state index in [4.69, 9.17) is 9.84 Å². The van der Waals surface area contributed by atoms with Crippen molar-refractivity contribution in [3.05, 3.63) is 22.3 Å². The maximum absolute atomic E-state index is 11.0. The molecular formula is C10H12BrNO3S. The van der Waals surface area contributed by atoms with Crippen LogP contribution >= 0.6 is 27.7 Å². The van der Waals surface area contributed by atoms with Crippen molar-refractivity contribution in [2.45, 2.75) is 11.4 Å². The molecule has 0 aliphatic carbocycles. The van der Waals surface area contributed by atoms with E-state index in [2.05, 4.69) is 20.9 Å². The van der Waals surface area contributed by atoms with Crippen LogP contribution in [0.5, 0.6) is 0 Å². The van der Waals surface area contributed by atoms with Crippen molar-refractivity contribution in [3.8, 4) is 0 Å². The molecule has 0 aliphatic rings. The number of carboxylic acids is 1. The minimum Gasteiger partial charge on any atom is -0.478 e. The van der Waals surface area contributed by atoms with Crippen molar-refractivity contribution < 1.29 is 14.6 Å². The van der Waals surface area contributed by atoms with Gasteiger partial charge in [-0.25, -0.2) is 9.78 Å². The van der Waals surface area contributed by atoms with Gasteiger partial charge in [0, 0.05) is 30.1 Å². The molecule has 16 heavy (non-hydrogen) atoms. The number of methoxy groups -OCH3 is 1. The van der Waals surface area contributed by atoms with Gasteiger partial charge in [-0.2, -0.15) is 0 Å². The van der Waals surface area contributed by atoms with E-state index in [1.165, 1.54) is 11.8 Å². The number of nitrogens with zero attached hydrogens (tertiary/aromatic N) is 1. The molecule has 0 fully saturated rings. The number of hydrogen-bond acceptors (Lipinski definition) is 4. The number of rotatable bonds is 6. The zero-order chi connectivity index (χ0) is 12.0. The van der Waals surface area contributed by atoms with Gasteiger partial charge in [0.15, 0.2) is 0 Å². The highest BCUT2D eigenvalue weighted by atomic mass is 79.9. The molecule has 1 aromatic rings. The number of pyridine rings is 1. The Labute approximate surface area is 107 Å². The van der Waals surface area contributed by atoms with Crippen LogP contribution in [0.4, 0.5) is 0 Å². The molecule has 0 bridgehead atoms. The first-order valence-corrected chi connectivity index (χ1v) is 6.43. The zero-order valence-electron chi connectivity index (χ0n) is 8.77. The van der Waals surface area contributed by atoms with E-state index in [9.17, 15) is 4.79 Å². The minimum atomic E-state index is -0.956. The molecule has 1 heterocycles. The van der Waals surface area contributed by atoms with Crippen molar-refractivity contribution in [1.29, 1.82) is 0 Å². The Hall–Kier alpha value is -0.590. The Morgan fingerprint density at radius 1 is 1.69 bits per heavy atom. The SMILES string of the molecule is COCCCSc1ncc(Br)cc1C(=O)O. The normalized spacial score (nSPS) is 10.4. The maximum Gasteiger partial charge on any atom is 0.338 e. The summed E-state index contributed by atoms with van der Waals surface area (Å²) in [6.45, 7) is 0.673. The fourth-order valence-corrected chi connectivity index (χ4v) is 2.28. The summed E-state index contributed by atoms with van der Waals surface area (Å²) in [5, 5.41) is 9.54. The third kappa shape index (κ3) is 4.11. The van der Waals surface area contributed by atoms with E-state index in [-0.39, 0.29) is 5.56 Å². The first kappa shape index (κ1) is 13.5. The lowest BCUT2D eigenvalue weighted by atomic mass is 10.3. The summed E-state index contributed by atoms with van der Waals surface area (Å²) >= 11 is 4.63. The van der Waals surface area contributed by atoms with Gasteiger partial charge < -0.3 is 9.84 Å². The average Bonchev–Trinajstić information content (AvgIpc) is 2.26. The molecule has 0 spiro atoms. The van der Waals surface area contributed by atoms with Gasteiger partial charge in [0.2, 0.25) is 0 Å². The van der Waals surface area contributed by atoms with Gasteiger partial charge in [0.25, 0.3) is 0 Å². The van der Waals surface area contributed by atoms with Gasteiger partial charge in [-0.1, -0.05) is 0 Å². The molecule has 1 rings (SSSR count). The van der Waals surface area contributed by atoms with E-state index >= 15 is 0 Å². The number of hydrogen-bond donors (Lipinski definition) is 1. The lowest BCUT2D eigenvalue weighted by Gasteiger charge is -2.04. The summed E-state index contributed by atoms with van der Waals surface area (Å²) in [4.78, 5) is 15.1. The molecule has 0 amide bonds. The largest absolute Gasteiger partial charge is 0.478 e. The molecule has 1 N–H and O–H groups in total. The number of carboxylic acid groups (broad SMARTS) is 1. The van der Waals surface area contributed by atoms with E-state index in [0.717, 1.165) is 12.2 Å². The molecule has 6 heteroatoms. The first-order valence-electron chi connectivity index (χ1n) is 4.65. The molecule has 4 nitrogen and oxygen atoms in total. The third-order valence-electron chi connectivity index (χ3n) is 1.78. The van der Waals surface area contributed by atoms with Gasteiger partial charge in [-0.3, -0.25) is 0 Å². The summed E-state index contributed by atoms with van der Waals surface area (Å²) in [5.41, 5.74) is 0.233. The highest BCUT2D eigenvalue weighted by molar-refractivity contribution is 9.10. The topological polar surface area (TPSA) is 59.4 Å². The van der Waals surface area contributed by atoms with Crippen LogP contribution in [0.2, 0.25) is 0 Å². The third-order valence-corrected chi connectivity index (χ3v) is 3.30. The number of ether oxygens (including phenoxy) is 1. The molecular weight excluding hydrogens is 294 g/mol. The average molecular weight is 306 g/mol. The molecule has 0 saturated carbocycles. The summed E-state index contributed by atoms with van der Waals surface area (Å²) < 4.78 is 5.59. The van der Waals surface area contributed by atoms with Gasteiger partial charge in [0.1, 0.15) is 5.03 Å². The van der Waals surface area contributed by atoms with Crippen LogP contribution in [-0.4, -0.2) is 35.5 Å². The summed E-state index contributed by atoms with van der Waals surface area (Å²) in [7, 11) is 1.64. The van der Waals surface area contributed by atoms with Crippen molar-refractivity contribution >= 4 is 33.7 Å². The van der Waals surface area contributed by atoms with Crippen LogP contribution in [0.1, 0.15) is 16.8 Å². The molecule has 0 aliphatic heterocycles. The Kier molecular flexibility index (Phi) is 5.79. The van der Waals surface area contributed by atoms with Gasteiger partial charge in [-0.15, -0.1) is 11.8 Å². The smallest absolute Gasteiger partial charge is 0.338 e. The van der Waals surface area contributed by atoms with Gasteiger partial charge in [-0.05, 0) is 28.4 Å². The predicted molar refractivity (Wildman–Crippen MR) is 66.1 cm³/mol. The van der Waals surface area contributed by atoms with Gasteiger partial charge >= 0.3 is 5.97 Å². The number of thioether (sulfide) groups is 1. The van der Waals surface area contributed by atoms with Crippen molar-refractivity contribution in [3.63, 3.8) is 0 Å². The second kappa shape index (κ2) is 6.88. The van der Waals surface area contributed by atoms with Crippen LogP contribution in [0.15, 0.2) is 21.8 Å². The summed E-state index contributed by atoms with van der Waals surface area (Å²) in [6.07, 6.45) is 2.48. The second-order valence-electron chi connectivity index (χ2n) is 3.01. The number of halogens is 1. The van der Waals surface area contributed by atoms with Crippen molar-refractivity contribution in [2.24, 2.45) is 0 Å². The van der Waals surface area contributed by atoms with Gasteiger partial charge in [0.05, 0.1) is 5.56 Å². The Bertz CT molecular complexity index is 373. The van der Waals surface area contributed by atoms with Crippen LogP contribution in [0.25, 0.3) is 0 Å². The first-order chi connectivity index (χ1) is 7.65. The zero-order valence-corrected chi connectivity index (χ0v) is 11.2. The summed E-state index contributed by atoms with van der Waals surface area (Å²) in [5.74, 6) is -0.161. The van der Waals surface area contributed by atoms with Crippen LogP contribution < -0.4 is 0 Å². The van der Waals surface area contributed by atoms with E-state index < -0.39 is 5.97 Å². The number of aromatic nitrogens is 1. The molecule has 88 valence electrons. The number of carbonyl (C=O) groups is 1. The van der Waals surface area contributed by atoms with Crippen LogP contribution in [0.3, 0.4) is 0 Å². The molecule has 1 aromatic heterocycles. The lowest BCUT2D eigenvalue weighted by Crippen LogP contribution is -2.01. The monoisotopic (exact) mass is 305 g/mol.